The van der Waals surface area contributed by atoms with E-state index in [0.29, 0.717) is 36.8 Å². The number of anilines is 3. The van der Waals surface area contributed by atoms with E-state index in [4.69, 9.17) is 14.7 Å². The number of benzene rings is 2. The molecule has 2 aliphatic rings. The number of rotatable bonds is 5. The zero-order valence-electron chi connectivity index (χ0n) is 17.5. The molecule has 31 heavy (non-hydrogen) atoms. The van der Waals surface area contributed by atoms with Crippen LogP contribution in [-0.4, -0.2) is 39.8 Å². The van der Waals surface area contributed by atoms with E-state index in [-0.39, 0.29) is 6.04 Å². The highest BCUT2D eigenvalue weighted by molar-refractivity contribution is 6.59. The highest BCUT2D eigenvalue weighted by atomic mass is 16.5. The molecule has 0 bridgehead atoms. The Labute approximate surface area is 181 Å². The second-order valence-electron chi connectivity index (χ2n) is 8.08. The number of hydrogen-bond acceptors (Lipinski definition) is 7. The van der Waals surface area contributed by atoms with E-state index in [1.807, 2.05) is 30.3 Å². The van der Waals surface area contributed by atoms with Crippen LogP contribution in [0.25, 0.3) is 0 Å². The van der Waals surface area contributed by atoms with Crippen LogP contribution in [0.5, 0.6) is 5.75 Å². The summed E-state index contributed by atoms with van der Waals surface area (Å²) in [4.78, 5) is 11.8. The molecule has 0 spiro atoms. The predicted molar refractivity (Wildman–Crippen MR) is 121 cm³/mol. The van der Waals surface area contributed by atoms with Crippen molar-refractivity contribution in [1.82, 2.24) is 9.97 Å². The van der Waals surface area contributed by atoms with E-state index in [2.05, 4.69) is 29.3 Å². The molecule has 1 aromatic heterocycles. The zero-order chi connectivity index (χ0) is 21.4. The van der Waals surface area contributed by atoms with Crippen LogP contribution in [0.3, 0.4) is 0 Å². The Morgan fingerprint density at radius 1 is 1.13 bits per heavy atom. The van der Waals surface area contributed by atoms with E-state index >= 15 is 0 Å². The van der Waals surface area contributed by atoms with Gasteiger partial charge in [-0.15, -0.1) is 0 Å². The fourth-order valence-electron chi connectivity index (χ4n) is 4.44. The minimum absolute atomic E-state index is 0.0967. The molecule has 0 amide bonds. The SMILES string of the molecule is CC1Cc2c(B(O)O)cccc2N1c1nc2c(c(NCc3ccccc3)n1)OCCC2. The summed E-state index contributed by atoms with van der Waals surface area (Å²) in [5.41, 5.74) is 4.46. The van der Waals surface area contributed by atoms with Gasteiger partial charge < -0.3 is 25.0 Å². The van der Waals surface area contributed by atoms with Gasteiger partial charge >= 0.3 is 7.12 Å². The lowest BCUT2D eigenvalue weighted by atomic mass is 9.76. The van der Waals surface area contributed by atoms with Crippen molar-refractivity contribution in [2.24, 2.45) is 0 Å². The van der Waals surface area contributed by atoms with Gasteiger partial charge in [-0.1, -0.05) is 42.5 Å². The Kier molecular flexibility index (Phi) is 5.25. The first kappa shape index (κ1) is 19.8. The summed E-state index contributed by atoms with van der Waals surface area (Å²) >= 11 is 0. The molecule has 0 radical (unpaired) electrons. The average molecular weight is 416 g/mol. The van der Waals surface area contributed by atoms with Crippen molar-refractivity contribution < 1.29 is 14.8 Å². The highest BCUT2D eigenvalue weighted by Gasteiger charge is 2.34. The molecule has 8 heteroatoms. The second kappa shape index (κ2) is 8.21. The van der Waals surface area contributed by atoms with Gasteiger partial charge in [0, 0.05) is 18.3 Å². The normalized spacial score (nSPS) is 17.0. The number of hydrogen-bond donors (Lipinski definition) is 3. The number of fused-ring (bicyclic) bond motifs is 2. The fourth-order valence-corrected chi connectivity index (χ4v) is 4.44. The van der Waals surface area contributed by atoms with Gasteiger partial charge in [0.15, 0.2) is 11.6 Å². The predicted octanol–water partition coefficient (Wildman–Crippen LogP) is 2.18. The van der Waals surface area contributed by atoms with Crippen LogP contribution in [0.4, 0.5) is 17.5 Å². The van der Waals surface area contributed by atoms with Crippen LogP contribution in [-0.2, 0) is 19.4 Å². The van der Waals surface area contributed by atoms with Crippen molar-refractivity contribution in [3.63, 3.8) is 0 Å². The molecule has 0 aliphatic carbocycles. The molecule has 3 heterocycles. The first-order valence-corrected chi connectivity index (χ1v) is 10.7. The Balaban J connectivity index is 1.54. The molecule has 7 nitrogen and oxygen atoms in total. The second-order valence-corrected chi connectivity index (χ2v) is 8.08. The number of ether oxygens (including phenoxy) is 1. The maximum Gasteiger partial charge on any atom is 0.488 e. The van der Waals surface area contributed by atoms with Gasteiger partial charge in [0.1, 0.15) is 0 Å². The Hall–Kier alpha value is -3.10. The van der Waals surface area contributed by atoms with Crippen molar-refractivity contribution in [3.05, 3.63) is 65.4 Å². The molecular formula is C23H25BN4O3. The standard InChI is InChI=1S/C23H25BN4O3/c1-15-13-17-18(24(29)30)9-5-11-20(17)28(15)23-26-19-10-6-12-31-21(19)22(27-23)25-14-16-7-3-2-4-8-16/h2-5,7-9,11,15,29-30H,6,10,12-14H2,1H3,(H,25,26,27). The summed E-state index contributed by atoms with van der Waals surface area (Å²) in [6, 6.07) is 15.9. The van der Waals surface area contributed by atoms with Crippen molar-refractivity contribution >= 4 is 30.0 Å². The summed E-state index contributed by atoms with van der Waals surface area (Å²) < 4.78 is 5.94. The van der Waals surface area contributed by atoms with Crippen LogP contribution in [0.1, 0.15) is 30.2 Å². The number of aromatic nitrogens is 2. The molecular weight excluding hydrogens is 391 g/mol. The van der Waals surface area contributed by atoms with E-state index in [0.717, 1.165) is 41.1 Å². The monoisotopic (exact) mass is 416 g/mol. The number of nitrogens with one attached hydrogen (secondary N) is 1. The minimum atomic E-state index is -1.50. The lowest BCUT2D eigenvalue weighted by Crippen LogP contribution is -2.32. The third-order valence-electron chi connectivity index (χ3n) is 5.91. The van der Waals surface area contributed by atoms with Gasteiger partial charge in [-0.25, -0.2) is 4.98 Å². The van der Waals surface area contributed by atoms with Gasteiger partial charge in [-0.2, -0.15) is 4.98 Å². The smallest absolute Gasteiger partial charge is 0.488 e. The molecule has 158 valence electrons. The number of nitrogens with zero attached hydrogens (tertiary/aromatic N) is 3. The molecule has 3 aromatic rings. The van der Waals surface area contributed by atoms with E-state index in [9.17, 15) is 10.0 Å². The molecule has 0 saturated heterocycles. The van der Waals surface area contributed by atoms with Gasteiger partial charge in [-0.3, -0.25) is 0 Å². The van der Waals surface area contributed by atoms with Crippen molar-refractivity contribution in [2.75, 3.05) is 16.8 Å². The third kappa shape index (κ3) is 3.73. The minimum Gasteiger partial charge on any atom is -0.488 e. The molecule has 1 unspecified atom stereocenters. The first-order chi connectivity index (χ1) is 15.1. The van der Waals surface area contributed by atoms with E-state index < -0.39 is 7.12 Å². The number of aryl methyl sites for hydroxylation is 1. The van der Waals surface area contributed by atoms with Crippen LogP contribution in [0.2, 0.25) is 0 Å². The lowest BCUT2D eigenvalue weighted by molar-refractivity contribution is 0.285. The summed E-state index contributed by atoms with van der Waals surface area (Å²) in [5.74, 6) is 2.04. The van der Waals surface area contributed by atoms with E-state index in [1.165, 1.54) is 0 Å². The quantitative estimate of drug-likeness (QED) is 0.550. The third-order valence-corrected chi connectivity index (χ3v) is 5.91. The zero-order valence-corrected chi connectivity index (χ0v) is 17.5. The van der Waals surface area contributed by atoms with Crippen LogP contribution in [0.15, 0.2) is 48.5 Å². The largest absolute Gasteiger partial charge is 0.488 e. The van der Waals surface area contributed by atoms with Crippen molar-refractivity contribution in [1.29, 1.82) is 0 Å². The molecule has 2 aliphatic heterocycles. The van der Waals surface area contributed by atoms with Crippen LogP contribution in [0, 0.1) is 0 Å². The Bertz CT molecular complexity index is 1090. The van der Waals surface area contributed by atoms with Crippen LogP contribution < -0.4 is 20.4 Å². The summed E-state index contributed by atoms with van der Waals surface area (Å²) in [6.07, 6.45) is 2.47. The Morgan fingerprint density at radius 2 is 1.97 bits per heavy atom. The molecule has 1 atom stereocenters. The maximum absolute atomic E-state index is 9.79. The molecule has 0 fully saturated rings. The topological polar surface area (TPSA) is 90.7 Å². The van der Waals surface area contributed by atoms with Gasteiger partial charge in [-0.05, 0) is 48.8 Å². The Morgan fingerprint density at radius 3 is 2.77 bits per heavy atom. The molecule has 0 saturated carbocycles. The molecule has 2 aromatic carbocycles. The van der Waals surface area contributed by atoms with Crippen molar-refractivity contribution in [3.8, 4) is 5.75 Å². The average Bonchev–Trinajstić information content (AvgIpc) is 3.13. The summed E-state index contributed by atoms with van der Waals surface area (Å²) in [6.45, 7) is 3.40. The molecule has 5 rings (SSSR count). The summed E-state index contributed by atoms with van der Waals surface area (Å²) in [7, 11) is -1.50. The van der Waals surface area contributed by atoms with E-state index in [1.54, 1.807) is 6.07 Å². The molecule has 3 N–H and O–H groups in total. The highest BCUT2D eigenvalue weighted by Crippen LogP contribution is 2.39. The first-order valence-electron chi connectivity index (χ1n) is 10.7. The summed E-state index contributed by atoms with van der Waals surface area (Å²) in [5, 5.41) is 23.0. The van der Waals surface area contributed by atoms with Crippen LogP contribution >= 0.6 is 0 Å². The van der Waals surface area contributed by atoms with Gasteiger partial charge in [0.25, 0.3) is 0 Å². The van der Waals surface area contributed by atoms with Crippen molar-refractivity contribution in [2.45, 2.75) is 38.8 Å². The maximum atomic E-state index is 9.79. The fraction of sp³-hybridized carbons (Fsp3) is 0.304. The lowest BCUT2D eigenvalue weighted by Gasteiger charge is -2.26. The van der Waals surface area contributed by atoms with Gasteiger partial charge in [0.05, 0.1) is 12.3 Å². The van der Waals surface area contributed by atoms with Gasteiger partial charge in [0.2, 0.25) is 5.95 Å².